The zero-order valence-electron chi connectivity index (χ0n) is 13.1. The van der Waals surface area contributed by atoms with E-state index in [1.165, 1.54) is 24.3 Å². The topological polar surface area (TPSA) is 101 Å². The lowest BCUT2D eigenvalue weighted by Crippen LogP contribution is -2.44. The van der Waals surface area contributed by atoms with E-state index in [0.717, 1.165) is 0 Å². The number of anilines is 1. The van der Waals surface area contributed by atoms with Crippen LogP contribution in [0.5, 0.6) is 0 Å². The summed E-state index contributed by atoms with van der Waals surface area (Å²) < 4.78 is 0. The van der Waals surface area contributed by atoms with Crippen LogP contribution in [0.1, 0.15) is 26.7 Å². The molecule has 23 heavy (non-hydrogen) atoms. The molecule has 2 amide bonds. The summed E-state index contributed by atoms with van der Waals surface area (Å²) in [7, 11) is 0. The van der Waals surface area contributed by atoms with Gasteiger partial charge in [0, 0.05) is 24.2 Å². The molecule has 1 aromatic carbocycles. The van der Waals surface area contributed by atoms with Crippen molar-refractivity contribution in [3.8, 4) is 0 Å². The van der Waals surface area contributed by atoms with Crippen molar-refractivity contribution in [3.63, 3.8) is 0 Å². The monoisotopic (exact) mass is 339 g/mol. The third kappa shape index (κ3) is 6.68. The normalized spacial score (nSPS) is 11.8. The molecular weight excluding hydrogens is 318 g/mol. The fourth-order valence-electron chi connectivity index (χ4n) is 1.97. The molecule has 126 valence electrons. The Kier molecular flexibility index (Phi) is 7.53. The molecule has 1 aromatic rings. The van der Waals surface area contributed by atoms with Crippen LogP contribution in [0, 0.1) is 16.0 Å². The molecule has 1 atom stereocenters. The first-order valence-electron chi connectivity index (χ1n) is 7.29. The van der Waals surface area contributed by atoms with Gasteiger partial charge in [0.2, 0.25) is 11.8 Å². The second-order valence-electron chi connectivity index (χ2n) is 5.52. The van der Waals surface area contributed by atoms with Gasteiger partial charge in [-0.2, -0.15) is 12.6 Å². The molecule has 0 saturated carbocycles. The molecule has 0 heterocycles. The molecule has 0 bridgehead atoms. The molecule has 2 N–H and O–H groups in total. The van der Waals surface area contributed by atoms with Crippen molar-refractivity contribution >= 4 is 35.8 Å². The van der Waals surface area contributed by atoms with Gasteiger partial charge in [0.15, 0.2) is 0 Å². The number of carbonyl (C=O) groups is 2. The predicted octanol–water partition coefficient (Wildman–Crippen LogP) is 2.38. The van der Waals surface area contributed by atoms with E-state index in [1.807, 2.05) is 13.8 Å². The van der Waals surface area contributed by atoms with Crippen molar-refractivity contribution < 1.29 is 14.5 Å². The third-order valence-corrected chi connectivity index (χ3v) is 3.27. The van der Waals surface area contributed by atoms with E-state index in [0.29, 0.717) is 17.9 Å². The van der Waals surface area contributed by atoms with Gasteiger partial charge >= 0.3 is 0 Å². The first kappa shape index (κ1) is 19.0. The maximum absolute atomic E-state index is 12.3. The molecule has 0 aliphatic heterocycles. The molecule has 8 heteroatoms. The highest BCUT2D eigenvalue weighted by atomic mass is 32.1. The number of thiol groups is 1. The number of carbonyl (C=O) groups excluding carboxylic acids is 2. The van der Waals surface area contributed by atoms with Crippen LogP contribution in [-0.2, 0) is 9.59 Å². The lowest BCUT2D eigenvalue weighted by molar-refractivity contribution is -0.384. The molecule has 0 radical (unpaired) electrons. The van der Waals surface area contributed by atoms with Crippen molar-refractivity contribution in [2.24, 2.45) is 5.92 Å². The summed E-state index contributed by atoms with van der Waals surface area (Å²) >= 11 is 3.99. The molecule has 1 rings (SSSR count). The van der Waals surface area contributed by atoms with Crippen LogP contribution in [-0.4, -0.2) is 28.5 Å². The minimum Gasteiger partial charge on any atom is -0.344 e. The number of rotatable bonds is 8. The summed E-state index contributed by atoms with van der Waals surface area (Å²) in [4.78, 5) is 34.1. The number of nitrogens with zero attached hydrogens (tertiary/aromatic N) is 1. The molecule has 7 nitrogen and oxygen atoms in total. The summed E-state index contributed by atoms with van der Waals surface area (Å²) in [6.45, 7) is 3.91. The van der Waals surface area contributed by atoms with Gasteiger partial charge < -0.3 is 10.6 Å². The van der Waals surface area contributed by atoms with E-state index in [1.54, 1.807) is 0 Å². The second kappa shape index (κ2) is 9.14. The van der Waals surface area contributed by atoms with E-state index in [9.17, 15) is 19.7 Å². The number of hydrogen-bond acceptors (Lipinski definition) is 5. The number of non-ortho nitro benzene ring substituents is 1. The number of hydrogen-bond donors (Lipinski definition) is 3. The van der Waals surface area contributed by atoms with Crippen molar-refractivity contribution in [1.82, 2.24) is 5.32 Å². The number of nitrogens with one attached hydrogen (secondary N) is 2. The molecule has 0 aliphatic carbocycles. The van der Waals surface area contributed by atoms with E-state index >= 15 is 0 Å². The van der Waals surface area contributed by atoms with E-state index in [4.69, 9.17) is 0 Å². The van der Waals surface area contributed by atoms with Crippen molar-refractivity contribution in [2.75, 3.05) is 11.1 Å². The average Bonchev–Trinajstić information content (AvgIpc) is 2.46. The zero-order chi connectivity index (χ0) is 17.4. The van der Waals surface area contributed by atoms with Crippen molar-refractivity contribution in [1.29, 1.82) is 0 Å². The van der Waals surface area contributed by atoms with E-state index in [-0.39, 0.29) is 29.8 Å². The van der Waals surface area contributed by atoms with Crippen LogP contribution < -0.4 is 10.6 Å². The largest absolute Gasteiger partial charge is 0.344 e. The second-order valence-corrected chi connectivity index (χ2v) is 5.96. The molecule has 0 fully saturated rings. The van der Waals surface area contributed by atoms with Gasteiger partial charge in [-0.1, -0.05) is 13.8 Å². The van der Waals surface area contributed by atoms with Crippen LogP contribution in [0.2, 0.25) is 0 Å². The van der Waals surface area contributed by atoms with Crippen molar-refractivity contribution in [3.05, 3.63) is 34.4 Å². The van der Waals surface area contributed by atoms with Gasteiger partial charge in [0.25, 0.3) is 5.69 Å². The number of amides is 2. The Labute approximate surface area is 140 Å². The number of nitro benzene ring substituents is 1. The molecule has 0 aliphatic rings. The minimum atomic E-state index is -0.655. The highest BCUT2D eigenvalue weighted by molar-refractivity contribution is 7.80. The number of nitro groups is 1. The smallest absolute Gasteiger partial charge is 0.269 e. The zero-order valence-corrected chi connectivity index (χ0v) is 14.0. The Morgan fingerprint density at radius 1 is 1.26 bits per heavy atom. The average molecular weight is 339 g/mol. The Morgan fingerprint density at radius 3 is 2.35 bits per heavy atom. The van der Waals surface area contributed by atoms with Gasteiger partial charge in [0.1, 0.15) is 6.04 Å². The molecule has 0 unspecified atom stereocenters. The van der Waals surface area contributed by atoms with Crippen LogP contribution >= 0.6 is 12.6 Å². The van der Waals surface area contributed by atoms with Crippen LogP contribution in [0.15, 0.2) is 24.3 Å². The fourth-order valence-corrected chi connectivity index (χ4v) is 2.17. The lowest BCUT2D eigenvalue weighted by atomic mass is 10.0. The highest BCUT2D eigenvalue weighted by Crippen LogP contribution is 2.16. The van der Waals surface area contributed by atoms with Crippen LogP contribution in [0.25, 0.3) is 0 Å². The summed E-state index contributed by atoms with van der Waals surface area (Å²) in [5, 5.41) is 16.0. The summed E-state index contributed by atoms with van der Waals surface area (Å²) in [5.41, 5.74) is 0.390. The Hall–Kier alpha value is -2.09. The first-order chi connectivity index (χ1) is 10.8. The summed E-state index contributed by atoms with van der Waals surface area (Å²) in [6, 6.07) is 4.88. The first-order valence-corrected chi connectivity index (χ1v) is 7.92. The van der Waals surface area contributed by atoms with Crippen LogP contribution in [0.3, 0.4) is 0 Å². The van der Waals surface area contributed by atoms with E-state index < -0.39 is 11.0 Å². The maximum atomic E-state index is 12.3. The van der Waals surface area contributed by atoms with Gasteiger partial charge in [-0.05, 0) is 30.2 Å². The SMILES string of the molecule is CC(C)C[C@H](NC(=O)CCS)C(=O)Nc1ccc([N+](=O)[O-])cc1. The van der Waals surface area contributed by atoms with Gasteiger partial charge in [-0.15, -0.1) is 0 Å². The Bertz CT molecular complexity index is 560. The van der Waals surface area contributed by atoms with Gasteiger partial charge in [-0.25, -0.2) is 0 Å². The molecule has 0 spiro atoms. The minimum absolute atomic E-state index is 0.0520. The maximum Gasteiger partial charge on any atom is 0.269 e. The lowest BCUT2D eigenvalue weighted by Gasteiger charge is -2.20. The Morgan fingerprint density at radius 2 is 1.87 bits per heavy atom. The molecule has 0 aromatic heterocycles. The summed E-state index contributed by atoms with van der Waals surface area (Å²) in [5.74, 6) is 0.0491. The number of benzene rings is 1. The van der Waals surface area contributed by atoms with Crippen molar-refractivity contribution in [2.45, 2.75) is 32.7 Å². The standard InChI is InChI=1S/C15H21N3O4S/c1-10(2)9-13(17-14(19)7-8-23)15(20)16-11-3-5-12(6-4-11)18(21)22/h3-6,10,13,23H,7-9H2,1-2H3,(H,16,20)(H,17,19)/t13-/m0/s1. The quantitative estimate of drug-likeness (QED) is 0.384. The third-order valence-electron chi connectivity index (χ3n) is 3.04. The predicted molar refractivity (Wildman–Crippen MR) is 91.6 cm³/mol. The Balaban J connectivity index is 2.75. The van der Waals surface area contributed by atoms with Crippen LogP contribution in [0.4, 0.5) is 11.4 Å². The summed E-state index contributed by atoms with van der Waals surface area (Å²) in [6.07, 6.45) is 0.736. The molecule has 0 saturated heterocycles. The van der Waals surface area contributed by atoms with Gasteiger partial charge in [0.05, 0.1) is 4.92 Å². The van der Waals surface area contributed by atoms with Gasteiger partial charge in [-0.3, -0.25) is 19.7 Å². The fraction of sp³-hybridized carbons (Fsp3) is 0.467. The highest BCUT2D eigenvalue weighted by Gasteiger charge is 2.22. The van der Waals surface area contributed by atoms with E-state index in [2.05, 4.69) is 23.3 Å². The molecular formula is C15H21N3O4S.